The Morgan fingerprint density at radius 3 is 2.70 bits per heavy atom. The predicted molar refractivity (Wildman–Crippen MR) is 120 cm³/mol. The highest BCUT2D eigenvalue weighted by molar-refractivity contribution is 14.0. The molecule has 6 nitrogen and oxygen atoms in total. The Morgan fingerprint density at radius 2 is 2.04 bits per heavy atom. The molecule has 7 heteroatoms. The fourth-order valence-electron chi connectivity index (χ4n) is 3.66. The van der Waals surface area contributed by atoms with Gasteiger partial charge in [0, 0.05) is 45.5 Å². The first-order chi connectivity index (χ1) is 12.6. The molecule has 0 aliphatic carbocycles. The SMILES string of the molecule is CN=C(NCc1cccc(N2CC=CC2)c1)N1CC(C)C(C(=O)OC)C1.I. The zero-order valence-electron chi connectivity index (χ0n) is 16.2. The van der Waals surface area contributed by atoms with E-state index >= 15 is 0 Å². The maximum absolute atomic E-state index is 11.9. The zero-order valence-corrected chi connectivity index (χ0v) is 18.6. The molecule has 1 saturated heterocycles. The van der Waals surface area contributed by atoms with Crippen LogP contribution in [-0.2, 0) is 16.1 Å². The number of benzene rings is 1. The van der Waals surface area contributed by atoms with Crippen LogP contribution >= 0.6 is 24.0 Å². The number of guanidine groups is 1. The van der Waals surface area contributed by atoms with E-state index in [0.29, 0.717) is 13.1 Å². The van der Waals surface area contributed by atoms with Crippen LogP contribution in [0.2, 0.25) is 0 Å². The number of nitrogens with zero attached hydrogens (tertiary/aromatic N) is 3. The minimum Gasteiger partial charge on any atom is -0.469 e. The van der Waals surface area contributed by atoms with Crippen molar-refractivity contribution in [3.05, 3.63) is 42.0 Å². The lowest BCUT2D eigenvalue weighted by molar-refractivity contribution is -0.145. The fraction of sp³-hybridized carbons (Fsp3) is 0.500. The zero-order chi connectivity index (χ0) is 18.5. The summed E-state index contributed by atoms with van der Waals surface area (Å²) in [6.07, 6.45) is 4.39. The van der Waals surface area contributed by atoms with E-state index in [1.165, 1.54) is 18.4 Å². The number of aliphatic imine (C=N–C) groups is 1. The standard InChI is InChI=1S/C20H28N4O2.HI/c1-15-13-24(14-18(15)19(25)26-3)20(21-2)22-12-16-7-6-8-17(11-16)23-9-4-5-10-23;/h4-8,11,15,18H,9-10,12-14H2,1-3H3,(H,21,22);1H. The Bertz CT molecular complexity index is 699. The highest BCUT2D eigenvalue weighted by Crippen LogP contribution is 2.24. The monoisotopic (exact) mass is 484 g/mol. The van der Waals surface area contributed by atoms with Crippen molar-refractivity contribution in [1.29, 1.82) is 0 Å². The van der Waals surface area contributed by atoms with Crippen molar-refractivity contribution in [2.24, 2.45) is 16.8 Å². The minimum atomic E-state index is -0.137. The number of hydrogen-bond acceptors (Lipinski definition) is 4. The molecule has 2 heterocycles. The Labute approximate surface area is 178 Å². The van der Waals surface area contributed by atoms with Gasteiger partial charge in [0.15, 0.2) is 5.96 Å². The largest absolute Gasteiger partial charge is 0.469 e. The molecule has 1 fully saturated rings. The molecule has 3 rings (SSSR count). The molecular weight excluding hydrogens is 455 g/mol. The number of ether oxygens (including phenoxy) is 1. The Hall–Kier alpha value is -1.77. The smallest absolute Gasteiger partial charge is 0.310 e. The summed E-state index contributed by atoms with van der Waals surface area (Å²) in [6, 6.07) is 8.58. The maximum atomic E-state index is 11.9. The summed E-state index contributed by atoms with van der Waals surface area (Å²) in [4.78, 5) is 20.8. The van der Waals surface area contributed by atoms with Crippen LogP contribution < -0.4 is 10.2 Å². The number of nitrogens with one attached hydrogen (secondary N) is 1. The summed E-state index contributed by atoms with van der Waals surface area (Å²) in [5.74, 6) is 0.857. The molecule has 2 aliphatic rings. The molecule has 0 radical (unpaired) electrons. The number of halogens is 1. The normalized spacial score (nSPS) is 22.0. The number of carbonyl (C=O) groups is 1. The second-order valence-corrected chi connectivity index (χ2v) is 6.96. The van der Waals surface area contributed by atoms with E-state index in [2.05, 4.69) is 63.5 Å². The molecule has 27 heavy (non-hydrogen) atoms. The third-order valence-electron chi connectivity index (χ3n) is 5.17. The van der Waals surface area contributed by atoms with Crippen LogP contribution in [0.3, 0.4) is 0 Å². The summed E-state index contributed by atoms with van der Waals surface area (Å²) in [7, 11) is 3.23. The molecule has 148 valence electrons. The molecule has 0 aromatic heterocycles. The van der Waals surface area contributed by atoms with Gasteiger partial charge in [-0.1, -0.05) is 31.2 Å². The molecule has 0 spiro atoms. The average molecular weight is 484 g/mol. The van der Waals surface area contributed by atoms with Crippen molar-refractivity contribution in [3.8, 4) is 0 Å². The number of carbonyl (C=O) groups excluding carboxylic acids is 1. The maximum Gasteiger partial charge on any atom is 0.310 e. The lowest BCUT2D eigenvalue weighted by Gasteiger charge is -2.22. The lowest BCUT2D eigenvalue weighted by Crippen LogP contribution is -2.40. The van der Waals surface area contributed by atoms with Crippen LogP contribution in [0.5, 0.6) is 0 Å². The predicted octanol–water partition coefficient (Wildman–Crippen LogP) is 2.50. The van der Waals surface area contributed by atoms with E-state index in [1.54, 1.807) is 7.05 Å². The Kier molecular flexibility index (Phi) is 7.94. The molecule has 0 bridgehead atoms. The van der Waals surface area contributed by atoms with Gasteiger partial charge >= 0.3 is 5.97 Å². The molecule has 0 saturated carbocycles. The van der Waals surface area contributed by atoms with Gasteiger partial charge in [-0.2, -0.15) is 0 Å². The van der Waals surface area contributed by atoms with Crippen molar-refractivity contribution in [1.82, 2.24) is 10.2 Å². The van der Waals surface area contributed by atoms with Gasteiger partial charge in [0.25, 0.3) is 0 Å². The van der Waals surface area contributed by atoms with E-state index in [-0.39, 0.29) is 41.8 Å². The van der Waals surface area contributed by atoms with Gasteiger partial charge < -0.3 is 19.9 Å². The minimum absolute atomic E-state index is 0. The first kappa shape index (κ1) is 21.5. The molecule has 0 amide bonds. The number of esters is 1. The molecule has 2 unspecified atom stereocenters. The van der Waals surface area contributed by atoms with Crippen LogP contribution in [0.15, 0.2) is 41.4 Å². The van der Waals surface area contributed by atoms with Crippen LogP contribution in [0.25, 0.3) is 0 Å². The van der Waals surface area contributed by atoms with E-state index in [1.807, 2.05) is 0 Å². The molecule has 1 aromatic rings. The number of methoxy groups -OCH3 is 1. The highest BCUT2D eigenvalue weighted by Gasteiger charge is 2.36. The number of likely N-dealkylation sites (tertiary alicyclic amines) is 1. The summed E-state index contributed by atoms with van der Waals surface area (Å²) < 4.78 is 4.92. The van der Waals surface area contributed by atoms with Gasteiger partial charge in [-0.3, -0.25) is 9.79 Å². The molecule has 1 aromatic carbocycles. The molecule has 2 aliphatic heterocycles. The molecular formula is C20H29IN4O2. The average Bonchev–Trinajstić information content (AvgIpc) is 3.32. The molecule has 1 N–H and O–H groups in total. The summed E-state index contributed by atoms with van der Waals surface area (Å²) in [6.45, 7) is 6.18. The summed E-state index contributed by atoms with van der Waals surface area (Å²) >= 11 is 0. The van der Waals surface area contributed by atoms with E-state index < -0.39 is 0 Å². The van der Waals surface area contributed by atoms with Crippen molar-refractivity contribution in [2.45, 2.75) is 13.5 Å². The first-order valence-electron chi connectivity index (χ1n) is 9.14. The lowest BCUT2D eigenvalue weighted by atomic mass is 9.99. The summed E-state index contributed by atoms with van der Waals surface area (Å²) in [5, 5.41) is 3.43. The third kappa shape index (κ3) is 5.15. The number of hydrogen-bond donors (Lipinski definition) is 1. The summed E-state index contributed by atoms with van der Waals surface area (Å²) in [5.41, 5.74) is 2.46. The number of anilines is 1. The highest BCUT2D eigenvalue weighted by atomic mass is 127. The van der Waals surface area contributed by atoms with E-state index in [0.717, 1.165) is 25.6 Å². The van der Waals surface area contributed by atoms with Crippen LogP contribution in [-0.4, -0.2) is 57.2 Å². The van der Waals surface area contributed by atoms with Crippen LogP contribution in [0.1, 0.15) is 12.5 Å². The van der Waals surface area contributed by atoms with Crippen molar-refractivity contribution >= 4 is 41.6 Å². The van der Waals surface area contributed by atoms with Gasteiger partial charge in [0.2, 0.25) is 0 Å². The van der Waals surface area contributed by atoms with Gasteiger partial charge in [-0.15, -0.1) is 24.0 Å². The molecule has 2 atom stereocenters. The first-order valence-corrected chi connectivity index (χ1v) is 9.14. The number of rotatable bonds is 4. The van der Waals surface area contributed by atoms with Gasteiger partial charge in [-0.05, 0) is 23.6 Å². The second kappa shape index (κ2) is 9.96. The van der Waals surface area contributed by atoms with Gasteiger partial charge in [-0.25, -0.2) is 0 Å². The topological polar surface area (TPSA) is 57.2 Å². The fourth-order valence-corrected chi connectivity index (χ4v) is 3.66. The van der Waals surface area contributed by atoms with Crippen molar-refractivity contribution in [3.63, 3.8) is 0 Å². The Morgan fingerprint density at radius 1 is 1.30 bits per heavy atom. The second-order valence-electron chi connectivity index (χ2n) is 6.96. The third-order valence-corrected chi connectivity index (χ3v) is 5.17. The van der Waals surface area contributed by atoms with E-state index in [4.69, 9.17) is 4.74 Å². The Balaban J connectivity index is 0.00000261. The van der Waals surface area contributed by atoms with Crippen molar-refractivity contribution < 1.29 is 9.53 Å². The van der Waals surface area contributed by atoms with E-state index in [9.17, 15) is 4.79 Å². The van der Waals surface area contributed by atoms with Crippen molar-refractivity contribution in [2.75, 3.05) is 45.2 Å². The van der Waals surface area contributed by atoms with Crippen LogP contribution in [0, 0.1) is 11.8 Å². The van der Waals surface area contributed by atoms with Crippen LogP contribution in [0.4, 0.5) is 5.69 Å². The van der Waals surface area contributed by atoms with Gasteiger partial charge in [0.05, 0.1) is 13.0 Å². The van der Waals surface area contributed by atoms with Gasteiger partial charge in [0.1, 0.15) is 0 Å². The quantitative estimate of drug-likeness (QED) is 0.234.